The molecule has 306 valence electrons. The maximum Gasteiger partial charge on any atom is 0.153 e. The second-order valence-corrected chi connectivity index (χ2v) is 19.3. The van der Waals surface area contributed by atoms with Gasteiger partial charge in [0.1, 0.15) is 17.2 Å². The zero-order valence-electron chi connectivity index (χ0n) is 36.7. The van der Waals surface area contributed by atoms with Gasteiger partial charge in [0.05, 0.1) is 28.5 Å². The normalized spacial score (nSPS) is 12.6. The summed E-state index contributed by atoms with van der Waals surface area (Å²) in [5, 5.41) is 16.6. The average molecular weight is 810 g/mol. The third-order valence-corrected chi connectivity index (χ3v) is 12.7. The molecule has 5 heteroatoms. The van der Waals surface area contributed by atoms with E-state index >= 15 is 0 Å². The monoisotopic (exact) mass is 809 g/mol. The second-order valence-electron chi connectivity index (χ2n) is 19.3. The Balaban J connectivity index is 1.24. The number of pyridine rings is 1. The fourth-order valence-electron chi connectivity index (χ4n) is 9.04. The lowest BCUT2D eigenvalue weighted by molar-refractivity contribution is 0.446. The molecule has 0 amide bonds. The summed E-state index contributed by atoms with van der Waals surface area (Å²) in [6, 6.07) is 53.5. The smallest absolute Gasteiger partial charge is 0.153 e. The number of fused-ring (bicyclic) bond motifs is 6. The third kappa shape index (κ3) is 6.55. The molecule has 3 heterocycles. The minimum absolute atomic E-state index is 0.160. The molecule has 0 aliphatic heterocycles. The maximum atomic E-state index is 12.3. The summed E-state index contributed by atoms with van der Waals surface area (Å²) in [7, 11) is 0. The van der Waals surface area contributed by atoms with Crippen LogP contribution in [0.2, 0.25) is 0 Å². The number of para-hydroxylation sites is 2. The summed E-state index contributed by atoms with van der Waals surface area (Å²) < 4.78 is 8.69. The molecular formula is C57H51N3O2. The first kappa shape index (κ1) is 39.2. The number of furan rings is 1. The SMILES string of the molecule is CC(C)(C)c1cc(-c2nc3c(-c4cc(-c5cc6c(cn5)oc5c7ccccc7ccc65)cc(C(C)(C)c5ccccc5)c4)cccc3n2-c2ccccc2)c(O)c(C(C)(C)C)c1. The molecular weight excluding hydrogens is 759 g/mol. The van der Waals surface area contributed by atoms with E-state index in [4.69, 9.17) is 14.4 Å². The summed E-state index contributed by atoms with van der Waals surface area (Å²) in [4.78, 5) is 10.6. The number of rotatable bonds is 6. The van der Waals surface area contributed by atoms with Crippen LogP contribution in [-0.2, 0) is 16.2 Å². The predicted octanol–water partition coefficient (Wildman–Crippen LogP) is 15.1. The lowest BCUT2D eigenvalue weighted by Crippen LogP contribution is -2.19. The topological polar surface area (TPSA) is 64.1 Å². The molecule has 10 rings (SSSR count). The van der Waals surface area contributed by atoms with Crippen molar-refractivity contribution in [2.75, 3.05) is 0 Å². The summed E-state index contributed by atoms with van der Waals surface area (Å²) >= 11 is 0. The summed E-state index contributed by atoms with van der Waals surface area (Å²) in [5.74, 6) is 0.954. The van der Waals surface area contributed by atoms with E-state index in [9.17, 15) is 5.11 Å². The van der Waals surface area contributed by atoms with Gasteiger partial charge < -0.3 is 9.52 Å². The Hall–Kier alpha value is -6.98. The number of aromatic nitrogens is 3. The van der Waals surface area contributed by atoms with E-state index in [0.717, 1.165) is 88.5 Å². The largest absolute Gasteiger partial charge is 0.507 e. The highest BCUT2D eigenvalue weighted by molar-refractivity contribution is 6.15. The number of imidazole rings is 1. The molecule has 0 aliphatic carbocycles. The molecule has 10 aromatic rings. The summed E-state index contributed by atoms with van der Waals surface area (Å²) in [6.07, 6.45) is 1.87. The minimum Gasteiger partial charge on any atom is -0.507 e. The Labute approximate surface area is 363 Å². The van der Waals surface area contributed by atoms with Crippen molar-refractivity contribution in [3.05, 3.63) is 180 Å². The Morgan fingerprint density at radius 3 is 2.00 bits per heavy atom. The number of hydrogen-bond donors (Lipinski definition) is 1. The van der Waals surface area contributed by atoms with Crippen LogP contribution in [0, 0.1) is 0 Å². The molecule has 0 atom stereocenters. The number of phenols is 1. The molecule has 0 saturated heterocycles. The van der Waals surface area contributed by atoms with Gasteiger partial charge in [-0.05, 0) is 87.0 Å². The molecule has 0 fully saturated rings. The van der Waals surface area contributed by atoms with Crippen LogP contribution in [0.3, 0.4) is 0 Å². The van der Waals surface area contributed by atoms with E-state index in [0.29, 0.717) is 11.4 Å². The Morgan fingerprint density at radius 2 is 1.26 bits per heavy atom. The number of aromatic hydroxyl groups is 1. The Kier molecular flexibility index (Phi) is 9.04. The first-order chi connectivity index (χ1) is 29.7. The first-order valence-corrected chi connectivity index (χ1v) is 21.5. The van der Waals surface area contributed by atoms with Gasteiger partial charge >= 0.3 is 0 Å². The molecule has 5 nitrogen and oxygen atoms in total. The van der Waals surface area contributed by atoms with Gasteiger partial charge in [-0.15, -0.1) is 0 Å². The van der Waals surface area contributed by atoms with E-state index in [2.05, 4.69) is 206 Å². The van der Waals surface area contributed by atoms with Crippen molar-refractivity contribution in [1.82, 2.24) is 14.5 Å². The zero-order chi connectivity index (χ0) is 43.1. The van der Waals surface area contributed by atoms with Crippen molar-refractivity contribution in [3.8, 4) is 45.2 Å². The van der Waals surface area contributed by atoms with Crippen LogP contribution < -0.4 is 0 Å². The molecule has 62 heavy (non-hydrogen) atoms. The minimum atomic E-state index is -0.345. The standard InChI is InChI=1S/C57H51N3O2/c1-55(2,3)39-31-46(52(61)47(32-39)56(4,5)6)54-59-51-42(24-17-25-49(51)60(54)41-21-13-10-14-22-41)36-28-37(30-40(29-36)57(7,8)38-19-11-9-12-20-38)48-33-45-44-27-26-35-18-15-16-23-43(35)53(44)62-50(45)34-58-48/h9-34,61H,1-8H3. The fourth-order valence-corrected chi connectivity index (χ4v) is 9.04. The molecule has 0 saturated carbocycles. The number of phenolic OH excluding ortho intramolecular Hbond substituents is 1. The number of nitrogens with zero attached hydrogens (tertiary/aromatic N) is 3. The van der Waals surface area contributed by atoms with Gasteiger partial charge in [0.15, 0.2) is 5.58 Å². The number of benzene rings is 7. The van der Waals surface area contributed by atoms with Crippen LogP contribution in [0.5, 0.6) is 5.75 Å². The van der Waals surface area contributed by atoms with Crippen molar-refractivity contribution in [2.24, 2.45) is 0 Å². The second kappa shape index (κ2) is 14.3. The van der Waals surface area contributed by atoms with Crippen molar-refractivity contribution in [3.63, 3.8) is 0 Å². The van der Waals surface area contributed by atoms with Crippen LogP contribution in [0.1, 0.15) is 77.6 Å². The third-order valence-electron chi connectivity index (χ3n) is 12.7. The van der Waals surface area contributed by atoms with Gasteiger partial charge in [-0.3, -0.25) is 9.55 Å². The summed E-state index contributed by atoms with van der Waals surface area (Å²) in [6.45, 7) is 17.7. The molecule has 1 N–H and O–H groups in total. The number of hydrogen-bond acceptors (Lipinski definition) is 4. The van der Waals surface area contributed by atoms with Crippen LogP contribution in [0.15, 0.2) is 162 Å². The van der Waals surface area contributed by atoms with E-state index < -0.39 is 0 Å². The van der Waals surface area contributed by atoms with Gasteiger partial charge in [-0.25, -0.2) is 4.98 Å². The molecule has 0 radical (unpaired) electrons. The average Bonchev–Trinajstić information content (AvgIpc) is 3.85. The molecule has 0 bridgehead atoms. The highest BCUT2D eigenvalue weighted by Gasteiger charge is 2.30. The van der Waals surface area contributed by atoms with E-state index in [1.165, 1.54) is 5.56 Å². The van der Waals surface area contributed by atoms with Crippen LogP contribution >= 0.6 is 0 Å². The molecule has 3 aromatic heterocycles. The van der Waals surface area contributed by atoms with Crippen molar-refractivity contribution >= 4 is 43.7 Å². The Bertz CT molecular complexity index is 3340. The lowest BCUT2D eigenvalue weighted by Gasteiger charge is -2.27. The predicted molar refractivity (Wildman–Crippen MR) is 258 cm³/mol. The maximum absolute atomic E-state index is 12.3. The van der Waals surface area contributed by atoms with Crippen LogP contribution in [0.25, 0.3) is 83.2 Å². The molecule has 0 unspecified atom stereocenters. The highest BCUT2D eigenvalue weighted by atomic mass is 16.3. The lowest BCUT2D eigenvalue weighted by atomic mass is 9.76. The fraction of sp³-hybridized carbons (Fsp3) is 0.193. The summed E-state index contributed by atoms with van der Waals surface area (Å²) in [5.41, 5.74) is 12.6. The van der Waals surface area contributed by atoms with Crippen LogP contribution in [-0.4, -0.2) is 19.6 Å². The van der Waals surface area contributed by atoms with Crippen LogP contribution in [0.4, 0.5) is 0 Å². The van der Waals surface area contributed by atoms with Gasteiger partial charge in [-0.1, -0.05) is 159 Å². The first-order valence-electron chi connectivity index (χ1n) is 21.5. The van der Waals surface area contributed by atoms with Crippen molar-refractivity contribution in [1.29, 1.82) is 0 Å². The Morgan fingerprint density at radius 1 is 0.548 bits per heavy atom. The molecule has 0 aliphatic rings. The van der Waals surface area contributed by atoms with Gasteiger partial charge in [-0.2, -0.15) is 0 Å². The van der Waals surface area contributed by atoms with Gasteiger partial charge in [0, 0.05) is 44.0 Å². The van der Waals surface area contributed by atoms with E-state index in [1.54, 1.807) is 0 Å². The molecule has 0 spiro atoms. The van der Waals surface area contributed by atoms with E-state index in [1.807, 2.05) is 12.3 Å². The van der Waals surface area contributed by atoms with Crippen molar-refractivity contribution < 1.29 is 9.52 Å². The molecule has 7 aromatic carbocycles. The van der Waals surface area contributed by atoms with Gasteiger partial charge in [0.2, 0.25) is 0 Å². The highest BCUT2D eigenvalue weighted by Crippen LogP contribution is 2.45. The van der Waals surface area contributed by atoms with Crippen molar-refractivity contribution in [2.45, 2.75) is 71.6 Å². The quantitative estimate of drug-likeness (QED) is 0.182. The zero-order valence-corrected chi connectivity index (χ0v) is 36.7. The van der Waals surface area contributed by atoms with Gasteiger partial charge in [0.25, 0.3) is 0 Å². The van der Waals surface area contributed by atoms with E-state index in [-0.39, 0.29) is 22.0 Å².